The molecule has 0 aliphatic carbocycles. The van der Waals surface area contributed by atoms with Gasteiger partial charge in [0.25, 0.3) is 5.91 Å². The monoisotopic (exact) mass is 523 g/mol. The van der Waals surface area contributed by atoms with E-state index in [0.717, 1.165) is 37.6 Å². The van der Waals surface area contributed by atoms with Crippen LogP contribution in [0.5, 0.6) is 5.88 Å². The van der Waals surface area contributed by atoms with Crippen LogP contribution in [0.15, 0.2) is 36.8 Å². The molecule has 2 aliphatic rings. The first-order chi connectivity index (χ1) is 18.5. The number of halogens is 2. The quantitative estimate of drug-likeness (QED) is 0.400. The van der Waals surface area contributed by atoms with E-state index >= 15 is 0 Å². The Balaban J connectivity index is 1.45. The van der Waals surface area contributed by atoms with Crippen LogP contribution in [0.1, 0.15) is 35.7 Å². The smallest absolute Gasteiger partial charge is 0.251 e. The summed E-state index contributed by atoms with van der Waals surface area (Å²) >= 11 is 0. The van der Waals surface area contributed by atoms with Gasteiger partial charge >= 0.3 is 0 Å². The summed E-state index contributed by atoms with van der Waals surface area (Å²) in [6, 6.07) is 4.24. The average molecular weight is 524 g/mol. The van der Waals surface area contributed by atoms with Gasteiger partial charge < -0.3 is 20.1 Å². The summed E-state index contributed by atoms with van der Waals surface area (Å²) in [6.07, 6.45) is 7.64. The second-order valence-electron chi connectivity index (χ2n) is 9.47. The van der Waals surface area contributed by atoms with Gasteiger partial charge in [-0.05, 0) is 44.1 Å². The van der Waals surface area contributed by atoms with Crippen LogP contribution in [-0.2, 0) is 4.74 Å². The number of amides is 1. The third-order valence-corrected chi connectivity index (χ3v) is 7.01. The molecule has 1 unspecified atom stereocenters. The Bertz CT molecular complexity index is 1490. The van der Waals surface area contributed by atoms with Gasteiger partial charge in [-0.2, -0.15) is 5.10 Å². The minimum absolute atomic E-state index is 0.0159. The lowest BCUT2D eigenvalue weighted by Crippen LogP contribution is -2.29. The fourth-order valence-electron chi connectivity index (χ4n) is 4.94. The SMILES string of the molecule is CNC(=O)c1cc(F)c(F)c(-c2cnc3cc(-c4cnn(C5CCNCC5)c4)c(OC4CCOC4)nn23)c1. The summed E-state index contributed by atoms with van der Waals surface area (Å²) in [5, 5.41) is 15.1. The van der Waals surface area contributed by atoms with Crippen LogP contribution in [0.25, 0.3) is 28.0 Å². The number of ether oxygens (including phenoxy) is 2. The molecule has 10 nitrogen and oxygen atoms in total. The lowest BCUT2D eigenvalue weighted by molar-refractivity contribution is 0.0962. The van der Waals surface area contributed by atoms with E-state index in [-0.39, 0.29) is 22.9 Å². The predicted molar refractivity (Wildman–Crippen MR) is 134 cm³/mol. The van der Waals surface area contributed by atoms with Crippen LogP contribution >= 0.6 is 0 Å². The molecule has 5 heterocycles. The Morgan fingerprint density at radius 3 is 2.76 bits per heavy atom. The van der Waals surface area contributed by atoms with Gasteiger partial charge in [0.2, 0.25) is 5.88 Å². The van der Waals surface area contributed by atoms with Crippen LogP contribution in [0, 0.1) is 11.6 Å². The molecule has 38 heavy (non-hydrogen) atoms. The molecule has 0 saturated carbocycles. The molecule has 0 spiro atoms. The number of fused-ring (bicyclic) bond motifs is 1. The van der Waals surface area contributed by atoms with Gasteiger partial charge in [0.05, 0.1) is 42.9 Å². The molecular weight excluding hydrogens is 496 g/mol. The number of carbonyl (C=O) groups excluding carboxylic acids is 1. The Morgan fingerprint density at radius 2 is 2.00 bits per heavy atom. The highest BCUT2D eigenvalue weighted by molar-refractivity contribution is 5.95. The molecule has 1 amide bonds. The topological polar surface area (TPSA) is 108 Å². The summed E-state index contributed by atoms with van der Waals surface area (Å²) < 4.78 is 44.5. The van der Waals surface area contributed by atoms with E-state index < -0.39 is 17.5 Å². The van der Waals surface area contributed by atoms with Crippen molar-refractivity contribution in [2.75, 3.05) is 33.4 Å². The summed E-state index contributed by atoms with van der Waals surface area (Å²) in [7, 11) is 1.42. The first-order valence-electron chi connectivity index (χ1n) is 12.6. The van der Waals surface area contributed by atoms with E-state index in [2.05, 4.69) is 25.8 Å². The highest BCUT2D eigenvalue weighted by Gasteiger charge is 2.25. The summed E-state index contributed by atoms with van der Waals surface area (Å²) in [5.74, 6) is -2.47. The number of imidazole rings is 1. The molecule has 2 N–H and O–H groups in total. The number of hydrogen-bond acceptors (Lipinski definition) is 7. The van der Waals surface area contributed by atoms with Crippen molar-refractivity contribution in [2.24, 2.45) is 0 Å². The summed E-state index contributed by atoms with van der Waals surface area (Å²) in [5.41, 5.74) is 1.95. The minimum Gasteiger partial charge on any atom is -0.470 e. The summed E-state index contributed by atoms with van der Waals surface area (Å²) in [6.45, 7) is 2.90. The third-order valence-electron chi connectivity index (χ3n) is 7.01. The number of nitrogens with zero attached hydrogens (tertiary/aromatic N) is 5. The van der Waals surface area contributed by atoms with Gasteiger partial charge in [-0.1, -0.05) is 0 Å². The molecule has 1 aromatic carbocycles. The molecule has 12 heteroatoms. The maximum Gasteiger partial charge on any atom is 0.251 e. The molecule has 4 aromatic rings. The highest BCUT2D eigenvalue weighted by atomic mass is 19.2. The van der Waals surface area contributed by atoms with Crippen molar-refractivity contribution in [3.05, 3.63) is 54.0 Å². The van der Waals surface area contributed by atoms with Crippen molar-refractivity contribution >= 4 is 11.6 Å². The minimum atomic E-state index is -1.14. The number of piperidine rings is 1. The Labute approximate surface area is 217 Å². The Morgan fingerprint density at radius 1 is 1.16 bits per heavy atom. The maximum atomic E-state index is 15.0. The zero-order chi connectivity index (χ0) is 26.2. The van der Waals surface area contributed by atoms with Crippen LogP contribution in [0.3, 0.4) is 0 Å². The Hall–Kier alpha value is -3.90. The van der Waals surface area contributed by atoms with Crippen molar-refractivity contribution in [3.8, 4) is 28.3 Å². The van der Waals surface area contributed by atoms with Crippen LogP contribution in [0.4, 0.5) is 8.78 Å². The molecule has 1 atom stereocenters. The van der Waals surface area contributed by atoms with Crippen molar-refractivity contribution in [3.63, 3.8) is 0 Å². The van der Waals surface area contributed by atoms with E-state index in [9.17, 15) is 13.6 Å². The van der Waals surface area contributed by atoms with Crippen LogP contribution in [0.2, 0.25) is 0 Å². The van der Waals surface area contributed by atoms with Gasteiger partial charge in [-0.15, -0.1) is 5.10 Å². The predicted octanol–water partition coefficient (Wildman–Crippen LogP) is 2.99. The number of aromatic nitrogens is 5. The van der Waals surface area contributed by atoms with Crippen LogP contribution < -0.4 is 15.4 Å². The number of hydrogen-bond donors (Lipinski definition) is 2. The van der Waals surface area contributed by atoms with Gasteiger partial charge in [-0.3, -0.25) is 9.48 Å². The largest absolute Gasteiger partial charge is 0.470 e. The molecule has 2 fully saturated rings. The number of nitrogens with one attached hydrogen (secondary N) is 2. The lowest BCUT2D eigenvalue weighted by Gasteiger charge is -2.22. The zero-order valence-corrected chi connectivity index (χ0v) is 20.8. The number of benzene rings is 1. The molecule has 6 rings (SSSR count). The summed E-state index contributed by atoms with van der Waals surface area (Å²) in [4.78, 5) is 16.6. The molecule has 2 aliphatic heterocycles. The first kappa shape index (κ1) is 24.4. The second-order valence-corrected chi connectivity index (χ2v) is 9.47. The van der Waals surface area contributed by atoms with Crippen molar-refractivity contribution < 1.29 is 23.0 Å². The van der Waals surface area contributed by atoms with E-state index in [1.165, 1.54) is 23.8 Å². The van der Waals surface area contributed by atoms with Crippen molar-refractivity contribution in [2.45, 2.75) is 31.4 Å². The standard InChI is InChI=1S/C26H27F2N7O3/c1-29-25(36)15-8-20(24(28)21(27)9-15)22-12-31-23-10-19(26(33-35(22)23)38-18-4-7-37-14-18)16-11-32-34(13-16)17-2-5-30-6-3-17/h8-13,17-18,30H,2-7,14H2,1H3,(H,29,36). The van der Waals surface area contributed by atoms with Crippen molar-refractivity contribution in [1.82, 2.24) is 35.0 Å². The third kappa shape index (κ3) is 4.50. The van der Waals surface area contributed by atoms with Crippen molar-refractivity contribution in [1.29, 1.82) is 0 Å². The lowest BCUT2D eigenvalue weighted by atomic mass is 10.1. The first-order valence-corrected chi connectivity index (χ1v) is 12.6. The fraction of sp³-hybridized carbons (Fsp3) is 0.385. The molecular formula is C26H27F2N7O3. The number of rotatable bonds is 6. The maximum absolute atomic E-state index is 15.0. The van der Waals surface area contributed by atoms with E-state index in [1.807, 2.05) is 10.9 Å². The van der Waals surface area contributed by atoms with Crippen LogP contribution in [-0.4, -0.2) is 69.7 Å². The van der Waals surface area contributed by atoms with Gasteiger partial charge in [-0.25, -0.2) is 18.3 Å². The number of carbonyl (C=O) groups is 1. The normalized spacial score (nSPS) is 18.2. The van der Waals surface area contributed by atoms with E-state index in [0.29, 0.717) is 42.8 Å². The molecule has 0 bridgehead atoms. The molecule has 0 radical (unpaired) electrons. The molecule has 3 aromatic heterocycles. The Kier molecular flexibility index (Phi) is 6.50. The second kappa shape index (κ2) is 10.1. The van der Waals surface area contributed by atoms with E-state index in [4.69, 9.17) is 9.47 Å². The molecule has 198 valence electrons. The van der Waals surface area contributed by atoms with Gasteiger partial charge in [0, 0.05) is 36.4 Å². The molecule has 2 saturated heterocycles. The van der Waals surface area contributed by atoms with E-state index in [1.54, 1.807) is 12.3 Å². The zero-order valence-electron chi connectivity index (χ0n) is 20.8. The fourth-order valence-corrected chi connectivity index (χ4v) is 4.94. The van der Waals surface area contributed by atoms with Gasteiger partial charge in [0.15, 0.2) is 17.3 Å². The average Bonchev–Trinajstić information content (AvgIpc) is 3.71. The highest BCUT2D eigenvalue weighted by Crippen LogP contribution is 2.34. The van der Waals surface area contributed by atoms with Gasteiger partial charge in [0.1, 0.15) is 6.10 Å².